The molecular weight excluding hydrogens is 430 g/mol. The van der Waals surface area contributed by atoms with Crippen molar-refractivity contribution in [2.24, 2.45) is 0 Å². The lowest BCUT2D eigenvalue weighted by atomic mass is 10.0. The minimum absolute atomic E-state index is 0.218. The van der Waals surface area contributed by atoms with Crippen molar-refractivity contribution in [1.82, 2.24) is 25.1 Å². The predicted molar refractivity (Wildman–Crippen MR) is 132 cm³/mol. The highest BCUT2D eigenvalue weighted by molar-refractivity contribution is 6.13. The summed E-state index contributed by atoms with van der Waals surface area (Å²) in [6.45, 7) is 6.05. The number of hydrogen-bond donors (Lipinski definition) is 2. The molecule has 174 valence electrons. The minimum Gasteiger partial charge on any atom is -0.467 e. The zero-order valence-corrected chi connectivity index (χ0v) is 19.4. The summed E-state index contributed by atoms with van der Waals surface area (Å²) in [4.78, 5) is 24.6. The fourth-order valence-corrected chi connectivity index (χ4v) is 4.53. The van der Waals surface area contributed by atoms with Gasteiger partial charge in [0.25, 0.3) is 5.91 Å². The van der Waals surface area contributed by atoms with Crippen molar-refractivity contribution in [2.45, 2.75) is 25.9 Å². The number of aromatic nitrogens is 4. The van der Waals surface area contributed by atoms with Crippen molar-refractivity contribution in [3.63, 3.8) is 0 Å². The van der Waals surface area contributed by atoms with Crippen molar-refractivity contribution < 1.29 is 9.53 Å². The molecule has 2 atom stereocenters. The molecule has 5 rings (SSSR count). The molecule has 4 aromatic rings. The van der Waals surface area contributed by atoms with Crippen LogP contribution in [0.2, 0.25) is 0 Å². The van der Waals surface area contributed by atoms with Gasteiger partial charge in [-0.15, -0.1) is 0 Å². The molecule has 0 aliphatic carbocycles. The van der Waals surface area contributed by atoms with Crippen LogP contribution in [0, 0.1) is 0 Å². The molecule has 0 unspecified atom stereocenters. The highest BCUT2D eigenvalue weighted by Gasteiger charge is 2.25. The third-order valence-electron chi connectivity index (χ3n) is 5.92. The Morgan fingerprint density at radius 2 is 1.85 bits per heavy atom. The lowest BCUT2D eigenvalue weighted by Crippen LogP contribution is -2.54. The van der Waals surface area contributed by atoms with Gasteiger partial charge in [0, 0.05) is 48.5 Å². The standard InChI is InChI=1S/C25H27N7O2/c1-16-14-31(15-17(2)28-16)21-10-9-19(23-20(21)13-26-25(30-23)34-3)24(33)29-22-11-12-27-32(22)18-7-5-4-6-8-18/h4-13,16-17,28H,14-15H2,1-3H3,(H,29,33)/t16-,17+. The van der Waals surface area contributed by atoms with Crippen LogP contribution in [0.5, 0.6) is 6.01 Å². The molecule has 0 saturated carbocycles. The minimum atomic E-state index is -0.281. The molecule has 1 aliphatic heterocycles. The number of amides is 1. The number of nitrogens with one attached hydrogen (secondary N) is 2. The summed E-state index contributed by atoms with van der Waals surface area (Å²) in [5.41, 5.74) is 2.85. The Morgan fingerprint density at radius 1 is 1.09 bits per heavy atom. The van der Waals surface area contributed by atoms with Gasteiger partial charge in [0.1, 0.15) is 5.82 Å². The van der Waals surface area contributed by atoms with Crippen molar-refractivity contribution in [2.75, 3.05) is 30.4 Å². The number of nitrogens with zero attached hydrogens (tertiary/aromatic N) is 5. The van der Waals surface area contributed by atoms with E-state index in [0.717, 1.165) is 29.9 Å². The number of carbonyl (C=O) groups is 1. The van der Waals surface area contributed by atoms with E-state index in [1.165, 1.54) is 7.11 Å². The number of benzene rings is 2. The SMILES string of the molecule is COc1ncc2c(N3C[C@@H](C)N[C@@H](C)C3)ccc(C(=O)Nc3ccnn3-c3ccccc3)c2n1. The quantitative estimate of drug-likeness (QED) is 0.475. The third kappa shape index (κ3) is 4.17. The van der Waals surface area contributed by atoms with E-state index in [4.69, 9.17) is 4.74 Å². The van der Waals surface area contributed by atoms with Crippen LogP contribution in [0.3, 0.4) is 0 Å². The number of anilines is 2. The van der Waals surface area contributed by atoms with E-state index < -0.39 is 0 Å². The van der Waals surface area contributed by atoms with Gasteiger partial charge in [0.15, 0.2) is 0 Å². The number of methoxy groups -OCH3 is 1. The van der Waals surface area contributed by atoms with E-state index in [0.29, 0.717) is 29.0 Å². The third-order valence-corrected chi connectivity index (χ3v) is 5.92. The molecule has 2 aromatic heterocycles. The molecule has 0 spiro atoms. The molecule has 1 aliphatic rings. The summed E-state index contributed by atoms with van der Waals surface area (Å²) in [6.07, 6.45) is 3.39. The second-order valence-corrected chi connectivity index (χ2v) is 8.54. The molecule has 3 heterocycles. The number of ether oxygens (including phenoxy) is 1. The van der Waals surface area contributed by atoms with Gasteiger partial charge in [-0.1, -0.05) is 18.2 Å². The van der Waals surface area contributed by atoms with Gasteiger partial charge in [-0.05, 0) is 38.1 Å². The number of piperazine rings is 1. The van der Waals surface area contributed by atoms with E-state index in [1.807, 2.05) is 42.5 Å². The fourth-order valence-electron chi connectivity index (χ4n) is 4.53. The summed E-state index contributed by atoms with van der Waals surface area (Å²) >= 11 is 0. The highest BCUT2D eigenvalue weighted by Crippen LogP contribution is 2.31. The van der Waals surface area contributed by atoms with Crippen LogP contribution in [-0.4, -0.2) is 57.9 Å². The van der Waals surface area contributed by atoms with Crippen molar-refractivity contribution >= 4 is 28.3 Å². The zero-order chi connectivity index (χ0) is 23.7. The second kappa shape index (κ2) is 9.11. The number of para-hydroxylation sites is 1. The lowest BCUT2D eigenvalue weighted by Gasteiger charge is -2.38. The number of fused-ring (bicyclic) bond motifs is 1. The van der Waals surface area contributed by atoms with Gasteiger partial charge in [-0.25, -0.2) is 9.67 Å². The molecule has 0 radical (unpaired) electrons. The Morgan fingerprint density at radius 3 is 2.59 bits per heavy atom. The molecule has 1 saturated heterocycles. The summed E-state index contributed by atoms with van der Waals surface area (Å²) in [5.74, 6) is 0.288. The largest absolute Gasteiger partial charge is 0.467 e. The van der Waals surface area contributed by atoms with E-state index in [2.05, 4.69) is 44.4 Å². The Bertz CT molecular complexity index is 1310. The average Bonchev–Trinajstić information content (AvgIpc) is 3.30. The molecule has 0 bridgehead atoms. The molecule has 1 amide bonds. The monoisotopic (exact) mass is 457 g/mol. The summed E-state index contributed by atoms with van der Waals surface area (Å²) in [6, 6.07) is 16.1. The van der Waals surface area contributed by atoms with Crippen LogP contribution in [0.1, 0.15) is 24.2 Å². The van der Waals surface area contributed by atoms with Gasteiger partial charge in [0.05, 0.1) is 30.1 Å². The first kappa shape index (κ1) is 21.8. The van der Waals surface area contributed by atoms with Gasteiger partial charge in [0.2, 0.25) is 0 Å². The van der Waals surface area contributed by atoms with Crippen molar-refractivity contribution in [3.05, 3.63) is 66.5 Å². The van der Waals surface area contributed by atoms with Gasteiger partial charge < -0.3 is 20.3 Å². The van der Waals surface area contributed by atoms with Crippen LogP contribution < -0.4 is 20.3 Å². The smallest absolute Gasteiger partial charge is 0.316 e. The maximum atomic E-state index is 13.4. The van der Waals surface area contributed by atoms with Crippen LogP contribution in [0.25, 0.3) is 16.6 Å². The van der Waals surface area contributed by atoms with Crippen LogP contribution in [0.4, 0.5) is 11.5 Å². The molecular formula is C25H27N7O2. The highest BCUT2D eigenvalue weighted by atomic mass is 16.5. The maximum Gasteiger partial charge on any atom is 0.316 e. The predicted octanol–water partition coefficient (Wildman–Crippen LogP) is 3.26. The van der Waals surface area contributed by atoms with Gasteiger partial charge in [-0.2, -0.15) is 10.1 Å². The Labute approximate surface area is 197 Å². The number of rotatable bonds is 5. The van der Waals surface area contributed by atoms with Crippen molar-refractivity contribution in [3.8, 4) is 11.7 Å². The van der Waals surface area contributed by atoms with Gasteiger partial charge >= 0.3 is 6.01 Å². The van der Waals surface area contributed by atoms with Crippen LogP contribution in [0.15, 0.2) is 60.9 Å². The Kier molecular flexibility index (Phi) is 5.85. The van der Waals surface area contributed by atoms with E-state index in [9.17, 15) is 4.79 Å². The normalized spacial score (nSPS) is 18.1. The van der Waals surface area contributed by atoms with Crippen LogP contribution in [-0.2, 0) is 0 Å². The zero-order valence-electron chi connectivity index (χ0n) is 19.4. The van der Waals surface area contributed by atoms with Crippen molar-refractivity contribution in [1.29, 1.82) is 0 Å². The Balaban J connectivity index is 1.53. The molecule has 2 aromatic carbocycles. The summed E-state index contributed by atoms with van der Waals surface area (Å²) in [5, 5.41) is 11.7. The second-order valence-electron chi connectivity index (χ2n) is 8.54. The molecule has 34 heavy (non-hydrogen) atoms. The lowest BCUT2D eigenvalue weighted by molar-refractivity contribution is 0.102. The van der Waals surface area contributed by atoms with Gasteiger partial charge in [-0.3, -0.25) is 4.79 Å². The first-order valence-corrected chi connectivity index (χ1v) is 11.3. The van der Waals surface area contributed by atoms with E-state index >= 15 is 0 Å². The topological polar surface area (TPSA) is 97.2 Å². The Hall–Kier alpha value is -3.98. The molecule has 9 heteroatoms. The molecule has 2 N–H and O–H groups in total. The first-order valence-electron chi connectivity index (χ1n) is 11.3. The number of carbonyl (C=O) groups excluding carboxylic acids is 1. The van der Waals surface area contributed by atoms with Crippen LogP contribution >= 0.6 is 0 Å². The average molecular weight is 458 g/mol. The summed E-state index contributed by atoms with van der Waals surface area (Å²) < 4.78 is 6.96. The maximum absolute atomic E-state index is 13.4. The fraction of sp³-hybridized carbons (Fsp3) is 0.280. The first-order chi connectivity index (χ1) is 16.5. The van der Waals surface area contributed by atoms with E-state index in [-0.39, 0.29) is 11.9 Å². The molecule has 9 nitrogen and oxygen atoms in total. The summed E-state index contributed by atoms with van der Waals surface area (Å²) in [7, 11) is 1.52. The number of hydrogen-bond acceptors (Lipinski definition) is 7. The van der Waals surface area contributed by atoms with E-state index in [1.54, 1.807) is 23.1 Å². The molecule has 1 fully saturated rings.